The maximum atomic E-state index is 12.8. The SMILES string of the molecule is CCc1sc(C(=O)NNC(=O)CNC(=O)c2ccc(F)cc2)cc1C. The molecule has 132 valence electrons. The fourth-order valence-corrected chi connectivity index (χ4v) is 3.09. The third kappa shape index (κ3) is 5.12. The van der Waals surface area contributed by atoms with E-state index in [1.807, 2.05) is 13.8 Å². The van der Waals surface area contributed by atoms with Gasteiger partial charge in [0, 0.05) is 10.4 Å². The highest BCUT2D eigenvalue weighted by Gasteiger charge is 2.13. The molecule has 0 radical (unpaired) electrons. The Morgan fingerprint density at radius 3 is 2.36 bits per heavy atom. The second kappa shape index (κ2) is 8.39. The maximum absolute atomic E-state index is 12.8. The highest BCUT2D eigenvalue weighted by atomic mass is 32.1. The van der Waals surface area contributed by atoms with Gasteiger partial charge in [-0.15, -0.1) is 11.3 Å². The molecule has 0 fully saturated rings. The molecule has 0 aliphatic carbocycles. The van der Waals surface area contributed by atoms with Crippen LogP contribution in [0.4, 0.5) is 4.39 Å². The number of carbonyl (C=O) groups excluding carboxylic acids is 3. The fraction of sp³-hybridized carbons (Fsp3) is 0.235. The van der Waals surface area contributed by atoms with Gasteiger partial charge in [0.05, 0.1) is 11.4 Å². The summed E-state index contributed by atoms with van der Waals surface area (Å²) in [6.45, 7) is 3.61. The maximum Gasteiger partial charge on any atom is 0.279 e. The summed E-state index contributed by atoms with van der Waals surface area (Å²) in [5.74, 6) is -1.95. The molecular weight excluding hydrogens is 345 g/mol. The minimum Gasteiger partial charge on any atom is -0.343 e. The molecule has 0 aliphatic rings. The van der Waals surface area contributed by atoms with E-state index in [1.54, 1.807) is 6.07 Å². The van der Waals surface area contributed by atoms with Crippen molar-refractivity contribution in [1.82, 2.24) is 16.2 Å². The van der Waals surface area contributed by atoms with E-state index in [-0.39, 0.29) is 12.1 Å². The Bertz CT molecular complexity index is 787. The zero-order chi connectivity index (χ0) is 18.4. The van der Waals surface area contributed by atoms with Crippen LogP contribution in [0.1, 0.15) is 37.4 Å². The lowest BCUT2D eigenvalue weighted by atomic mass is 10.2. The first-order valence-corrected chi connectivity index (χ1v) is 8.44. The molecule has 0 spiro atoms. The van der Waals surface area contributed by atoms with Crippen molar-refractivity contribution in [1.29, 1.82) is 0 Å². The third-order valence-corrected chi connectivity index (χ3v) is 4.78. The summed E-state index contributed by atoms with van der Waals surface area (Å²) in [7, 11) is 0. The first-order valence-electron chi connectivity index (χ1n) is 7.63. The number of halogens is 1. The van der Waals surface area contributed by atoms with Crippen LogP contribution in [0.2, 0.25) is 0 Å². The van der Waals surface area contributed by atoms with Gasteiger partial charge in [-0.3, -0.25) is 25.2 Å². The number of hydrogen-bond acceptors (Lipinski definition) is 4. The van der Waals surface area contributed by atoms with E-state index in [0.717, 1.165) is 29.0 Å². The van der Waals surface area contributed by atoms with E-state index in [4.69, 9.17) is 0 Å². The molecule has 3 N–H and O–H groups in total. The van der Waals surface area contributed by atoms with Crippen molar-refractivity contribution in [2.24, 2.45) is 0 Å². The van der Waals surface area contributed by atoms with Crippen LogP contribution >= 0.6 is 11.3 Å². The Balaban J connectivity index is 1.79. The molecule has 0 saturated heterocycles. The van der Waals surface area contributed by atoms with Gasteiger partial charge in [-0.25, -0.2) is 4.39 Å². The summed E-state index contributed by atoms with van der Waals surface area (Å²) in [4.78, 5) is 37.1. The van der Waals surface area contributed by atoms with Crippen molar-refractivity contribution in [3.8, 4) is 0 Å². The number of aryl methyl sites for hydroxylation is 2. The van der Waals surface area contributed by atoms with Gasteiger partial charge in [0.15, 0.2) is 0 Å². The van der Waals surface area contributed by atoms with Crippen molar-refractivity contribution in [2.75, 3.05) is 6.54 Å². The summed E-state index contributed by atoms with van der Waals surface area (Å²) >= 11 is 1.37. The number of carbonyl (C=O) groups is 3. The quantitative estimate of drug-likeness (QED) is 0.710. The Kier molecular flexibility index (Phi) is 6.24. The first-order chi connectivity index (χ1) is 11.9. The number of amides is 3. The van der Waals surface area contributed by atoms with Gasteiger partial charge >= 0.3 is 0 Å². The lowest BCUT2D eigenvalue weighted by molar-refractivity contribution is -0.120. The molecule has 0 atom stereocenters. The van der Waals surface area contributed by atoms with Crippen molar-refractivity contribution < 1.29 is 18.8 Å². The van der Waals surface area contributed by atoms with E-state index in [0.29, 0.717) is 4.88 Å². The standard InChI is InChI=1S/C17H18FN3O3S/c1-3-13-10(2)8-14(25-13)17(24)21-20-15(22)9-19-16(23)11-4-6-12(18)7-5-11/h4-8H,3,9H2,1-2H3,(H,19,23)(H,20,22)(H,21,24). The van der Waals surface area contributed by atoms with Crippen LogP contribution in [0.15, 0.2) is 30.3 Å². The van der Waals surface area contributed by atoms with Gasteiger partial charge in [0.2, 0.25) is 0 Å². The van der Waals surface area contributed by atoms with Gasteiger partial charge in [0.25, 0.3) is 17.7 Å². The molecule has 8 heteroatoms. The molecule has 2 rings (SSSR count). The highest BCUT2D eigenvalue weighted by Crippen LogP contribution is 2.21. The lowest BCUT2D eigenvalue weighted by Gasteiger charge is -2.07. The van der Waals surface area contributed by atoms with Crippen LogP contribution < -0.4 is 16.2 Å². The second-order valence-electron chi connectivity index (χ2n) is 5.26. The largest absolute Gasteiger partial charge is 0.343 e. The molecule has 25 heavy (non-hydrogen) atoms. The minimum absolute atomic E-state index is 0.236. The topological polar surface area (TPSA) is 87.3 Å². The van der Waals surface area contributed by atoms with Crippen molar-refractivity contribution in [3.63, 3.8) is 0 Å². The van der Waals surface area contributed by atoms with E-state index >= 15 is 0 Å². The van der Waals surface area contributed by atoms with E-state index in [2.05, 4.69) is 16.2 Å². The zero-order valence-electron chi connectivity index (χ0n) is 13.8. The lowest BCUT2D eigenvalue weighted by Crippen LogP contribution is -2.46. The van der Waals surface area contributed by atoms with Gasteiger partial charge in [-0.2, -0.15) is 0 Å². The fourth-order valence-electron chi connectivity index (χ4n) is 2.08. The number of hydrogen-bond donors (Lipinski definition) is 3. The van der Waals surface area contributed by atoms with Gasteiger partial charge in [-0.1, -0.05) is 6.92 Å². The zero-order valence-corrected chi connectivity index (χ0v) is 14.6. The number of thiophene rings is 1. The van der Waals surface area contributed by atoms with Crippen LogP contribution in [-0.4, -0.2) is 24.3 Å². The molecule has 0 unspecified atom stereocenters. The van der Waals surface area contributed by atoms with Gasteiger partial charge < -0.3 is 5.32 Å². The monoisotopic (exact) mass is 363 g/mol. The molecule has 0 bridgehead atoms. The Hall–Kier alpha value is -2.74. The number of rotatable bonds is 5. The Morgan fingerprint density at radius 2 is 1.76 bits per heavy atom. The van der Waals surface area contributed by atoms with Gasteiger partial charge in [0.1, 0.15) is 5.82 Å². The van der Waals surface area contributed by atoms with Crippen LogP contribution in [-0.2, 0) is 11.2 Å². The van der Waals surface area contributed by atoms with E-state index in [1.165, 1.54) is 23.5 Å². The number of nitrogens with one attached hydrogen (secondary N) is 3. The predicted octanol–water partition coefficient (Wildman–Crippen LogP) is 1.95. The molecule has 1 aromatic carbocycles. The average molecular weight is 363 g/mol. The molecule has 6 nitrogen and oxygen atoms in total. The normalized spacial score (nSPS) is 10.2. The summed E-state index contributed by atoms with van der Waals surface area (Å²) in [5.41, 5.74) is 5.82. The average Bonchev–Trinajstić information content (AvgIpc) is 2.99. The number of hydrazine groups is 1. The van der Waals surface area contributed by atoms with Crippen molar-refractivity contribution in [3.05, 3.63) is 57.0 Å². The molecule has 0 aliphatic heterocycles. The van der Waals surface area contributed by atoms with Gasteiger partial charge in [-0.05, 0) is 49.2 Å². The van der Waals surface area contributed by atoms with Crippen molar-refractivity contribution >= 4 is 29.1 Å². The predicted molar refractivity (Wildman–Crippen MR) is 92.8 cm³/mol. The van der Waals surface area contributed by atoms with Crippen LogP contribution in [0.5, 0.6) is 0 Å². The van der Waals surface area contributed by atoms with Crippen LogP contribution in [0.25, 0.3) is 0 Å². The summed E-state index contributed by atoms with van der Waals surface area (Å²) in [6.07, 6.45) is 0.839. The van der Waals surface area contributed by atoms with Crippen molar-refractivity contribution in [2.45, 2.75) is 20.3 Å². The second-order valence-corrected chi connectivity index (χ2v) is 6.40. The molecule has 3 amide bonds. The molecule has 0 saturated carbocycles. The molecule has 1 heterocycles. The first kappa shape index (κ1) is 18.6. The van der Waals surface area contributed by atoms with E-state index < -0.39 is 23.5 Å². The minimum atomic E-state index is -0.576. The smallest absolute Gasteiger partial charge is 0.279 e. The number of benzene rings is 1. The Morgan fingerprint density at radius 1 is 1.08 bits per heavy atom. The molecule has 1 aromatic heterocycles. The third-order valence-electron chi connectivity index (χ3n) is 3.40. The summed E-state index contributed by atoms with van der Waals surface area (Å²) in [5, 5.41) is 2.38. The Labute approximate surface area is 148 Å². The summed E-state index contributed by atoms with van der Waals surface area (Å²) in [6, 6.07) is 6.70. The van der Waals surface area contributed by atoms with Crippen LogP contribution in [0.3, 0.4) is 0 Å². The molecular formula is C17H18FN3O3S. The molecule has 2 aromatic rings. The van der Waals surface area contributed by atoms with Crippen LogP contribution in [0, 0.1) is 12.7 Å². The highest BCUT2D eigenvalue weighted by molar-refractivity contribution is 7.14. The van der Waals surface area contributed by atoms with E-state index in [9.17, 15) is 18.8 Å². The summed E-state index contributed by atoms with van der Waals surface area (Å²) < 4.78 is 12.8.